The van der Waals surface area contributed by atoms with Crippen molar-refractivity contribution >= 4 is 27.5 Å². The average molecular weight is 621 g/mol. The Balaban J connectivity index is 1.10. The second-order valence-electron chi connectivity index (χ2n) is 14.6. The van der Waals surface area contributed by atoms with Crippen molar-refractivity contribution in [2.45, 2.75) is 57.0 Å². The molecule has 0 amide bonds. The molecule has 3 aliphatic heterocycles. The maximum absolute atomic E-state index is 16.8. The Morgan fingerprint density at radius 3 is 2.50 bits per heavy atom. The van der Waals surface area contributed by atoms with Crippen LogP contribution in [0.25, 0.3) is 32.9 Å². The summed E-state index contributed by atoms with van der Waals surface area (Å²) in [6.07, 6.45) is 16.0. The summed E-state index contributed by atoms with van der Waals surface area (Å²) in [5, 5.41) is 5.39. The lowest BCUT2D eigenvalue weighted by Crippen LogP contribution is -2.51. The van der Waals surface area contributed by atoms with Gasteiger partial charge in [-0.15, -0.1) is 6.42 Å². The number of ether oxygens (including phenoxy) is 1. The number of piperidine rings is 1. The highest BCUT2D eigenvalue weighted by Crippen LogP contribution is 2.48. The minimum Gasteiger partial charge on any atom is -0.463 e. The minimum absolute atomic E-state index is 0.0783. The van der Waals surface area contributed by atoms with E-state index in [1.54, 1.807) is 24.4 Å². The number of aromatic nitrogens is 3. The van der Waals surface area contributed by atoms with Crippen LogP contribution in [0.1, 0.15) is 50.5 Å². The molecule has 46 heavy (non-hydrogen) atoms. The Morgan fingerprint density at radius 2 is 1.76 bits per heavy atom. The fourth-order valence-corrected chi connectivity index (χ4v) is 8.84. The van der Waals surface area contributed by atoms with Crippen LogP contribution in [0.5, 0.6) is 6.01 Å². The van der Waals surface area contributed by atoms with E-state index in [-0.39, 0.29) is 28.2 Å². The van der Waals surface area contributed by atoms with Gasteiger partial charge in [-0.05, 0) is 68.2 Å². The number of piperazine rings is 1. The number of anilines is 1. The van der Waals surface area contributed by atoms with E-state index in [2.05, 4.69) is 26.0 Å². The summed E-state index contributed by atoms with van der Waals surface area (Å²) in [5.74, 6) is 3.70. The van der Waals surface area contributed by atoms with E-state index in [0.29, 0.717) is 46.2 Å². The molecule has 9 rings (SSSR count). The van der Waals surface area contributed by atoms with E-state index >= 15 is 4.39 Å². The smallest absolute Gasteiger partial charge is 0.319 e. The molecule has 5 aliphatic rings. The van der Waals surface area contributed by atoms with Gasteiger partial charge in [-0.2, -0.15) is 9.97 Å². The zero-order valence-corrected chi connectivity index (χ0v) is 25.9. The molecule has 4 bridgehead atoms. The number of terminal acetylenes is 1. The summed E-state index contributed by atoms with van der Waals surface area (Å²) >= 11 is 0. The molecule has 236 valence electrons. The van der Waals surface area contributed by atoms with Gasteiger partial charge in [0.05, 0.1) is 17.6 Å². The van der Waals surface area contributed by atoms with Gasteiger partial charge in [-0.3, -0.25) is 4.98 Å². The summed E-state index contributed by atoms with van der Waals surface area (Å²) in [7, 11) is 0. The predicted molar refractivity (Wildman–Crippen MR) is 175 cm³/mol. The number of hydrogen-bond donors (Lipinski definition) is 1. The third kappa shape index (κ3) is 4.89. The van der Waals surface area contributed by atoms with Crippen molar-refractivity contribution in [2.24, 2.45) is 17.3 Å². The first kappa shape index (κ1) is 28.4. The number of rotatable bonds is 7. The second kappa shape index (κ2) is 10.9. The second-order valence-corrected chi connectivity index (χ2v) is 14.6. The summed E-state index contributed by atoms with van der Waals surface area (Å²) in [5.41, 5.74) is 0.858. The molecule has 2 aliphatic carbocycles. The molecule has 9 heteroatoms. The van der Waals surface area contributed by atoms with Crippen molar-refractivity contribution in [3.8, 4) is 29.6 Å². The van der Waals surface area contributed by atoms with Crippen LogP contribution in [-0.4, -0.2) is 71.3 Å². The molecule has 3 saturated heterocycles. The largest absolute Gasteiger partial charge is 0.463 e. The van der Waals surface area contributed by atoms with Crippen LogP contribution in [-0.2, 0) is 0 Å². The summed E-state index contributed by atoms with van der Waals surface area (Å²) in [6, 6.07) is 9.31. The molecule has 5 heterocycles. The van der Waals surface area contributed by atoms with Crippen LogP contribution in [0.15, 0.2) is 36.5 Å². The Labute approximate surface area is 267 Å². The first-order valence-corrected chi connectivity index (χ1v) is 16.9. The van der Waals surface area contributed by atoms with Crippen LogP contribution >= 0.6 is 0 Å². The number of fused-ring (bicyclic) bond motifs is 6. The minimum atomic E-state index is -0.589. The molecular formula is C37H38F2N6O. The fraction of sp³-hybridized carbons (Fsp3) is 0.486. The maximum atomic E-state index is 16.8. The van der Waals surface area contributed by atoms with Crippen molar-refractivity contribution in [1.82, 2.24) is 25.2 Å². The van der Waals surface area contributed by atoms with E-state index in [1.165, 1.54) is 38.4 Å². The van der Waals surface area contributed by atoms with E-state index in [9.17, 15) is 4.39 Å². The third-order valence-electron chi connectivity index (χ3n) is 11.3. The zero-order chi connectivity index (χ0) is 31.0. The number of hydrogen-bond acceptors (Lipinski definition) is 7. The molecule has 4 aromatic rings. The molecule has 7 nitrogen and oxygen atoms in total. The summed E-state index contributed by atoms with van der Waals surface area (Å²) in [6.45, 7) is 5.51. The lowest BCUT2D eigenvalue weighted by atomic mass is 9.96. The summed E-state index contributed by atoms with van der Waals surface area (Å²) < 4.78 is 38.0. The molecule has 2 saturated carbocycles. The normalized spacial score (nSPS) is 26.5. The van der Waals surface area contributed by atoms with Gasteiger partial charge in [-0.1, -0.05) is 30.2 Å². The zero-order valence-electron chi connectivity index (χ0n) is 25.9. The van der Waals surface area contributed by atoms with Gasteiger partial charge in [0.25, 0.3) is 0 Å². The molecule has 0 spiro atoms. The van der Waals surface area contributed by atoms with Crippen LogP contribution < -0.4 is 15.0 Å². The molecule has 0 radical (unpaired) electrons. The van der Waals surface area contributed by atoms with Gasteiger partial charge in [-0.25, -0.2) is 8.78 Å². The van der Waals surface area contributed by atoms with Crippen molar-refractivity contribution in [2.75, 3.05) is 44.2 Å². The van der Waals surface area contributed by atoms with Crippen LogP contribution in [0, 0.1) is 41.2 Å². The third-order valence-corrected chi connectivity index (χ3v) is 11.3. The fourth-order valence-electron chi connectivity index (χ4n) is 8.84. The predicted octanol–water partition coefficient (Wildman–Crippen LogP) is 5.94. The quantitative estimate of drug-likeness (QED) is 0.257. The van der Waals surface area contributed by atoms with Crippen molar-refractivity contribution < 1.29 is 13.5 Å². The van der Waals surface area contributed by atoms with Crippen LogP contribution in [0.2, 0.25) is 0 Å². The van der Waals surface area contributed by atoms with E-state index in [0.717, 1.165) is 57.2 Å². The van der Waals surface area contributed by atoms with Crippen LogP contribution in [0.4, 0.5) is 14.6 Å². The number of nitrogens with zero attached hydrogens (tertiary/aromatic N) is 5. The molecule has 2 unspecified atom stereocenters. The number of likely N-dealkylation sites (tertiary alicyclic amines) is 1. The number of pyridine rings is 1. The molecule has 5 fully saturated rings. The molecule has 2 aromatic carbocycles. The van der Waals surface area contributed by atoms with Crippen molar-refractivity contribution in [1.29, 1.82) is 0 Å². The standard InChI is InChI=1S/C37H38F2N6O/c1-2-27-30(38)11-8-24-4-3-5-28(31(24)27)33-32(39)34-29(15-40-33)35(45-18-25-9-10-26(19-45)41-25)43-36(42-34)46-21-37(12-13-37)20-44-16-22-6-7-23(14-22)17-44/h1,3-5,8,11,15,22-23,25-26,41H,6-7,9-10,12-14,16-21H2/t22?,23?,25-,26+. The van der Waals surface area contributed by atoms with E-state index in [1.807, 2.05) is 6.07 Å². The molecule has 2 aromatic heterocycles. The highest BCUT2D eigenvalue weighted by atomic mass is 19.1. The van der Waals surface area contributed by atoms with Gasteiger partial charge < -0.3 is 19.9 Å². The number of benzene rings is 2. The number of nitrogens with one attached hydrogen (secondary N) is 1. The van der Waals surface area contributed by atoms with Gasteiger partial charge >= 0.3 is 6.01 Å². The van der Waals surface area contributed by atoms with Gasteiger partial charge in [0, 0.05) is 67.4 Å². The van der Waals surface area contributed by atoms with Crippen molar-refractivity contribution in [3.63, 3.8) is 0 Å². The Morgan fingerprint density at radius 1 is 0.978 bits per heavy atom. The van der Waals surface area contributed by atoms with Gasteiger partial charge in [0.2, 0.25) is 0 Å². The Kier molecular flexibility index (Phi) is 6.69. The van der Waals surface area contributed by atoms with E-state index in [4.69, 9.17) is 21.1 Å². The maximum Gasteiger partial charge on any atom is 0.319 e. The monoisotopic (exact) mass is 620 g/mol. The molecule has 4 atom stereocenters. The van der Waals surface area contributed by atoms with E-state index < -0.39 is 11.6 Å². The topological polar surface area (TPSA) is 66.4 Å². The van der Waals surface area contributed by atoms with Crippen LogP contribution in [0.3, 0.4) is 0 Å². The molecule has 1 N–H and O–H groups in total. The highest BCUT2D eigenvalue weighted by molar-refractivity contribution is 6.02. The van der Waals surface area contributed by atoms with Crippen molar-refractivity contribution in [3.05, 3.63) is 53.7 Å². The molecular weight excluding hydrogens is 582 g/mol. The first-order valence-electron chi connectivity index (χ1n) is 16.9. The Hall–Kier alpha value is -3.87. The lowest BCUT2D eigenvalue weighted by molar-refractivity contribution is 0.110. The lowest BCUT2D eigenvalue weighted by Gasteiger charge is -2.35. The van der Waals surface area contributed by atoms with Gasteiger partial charge in [0.1, 0.15) is 22.8 Å². The summed E-state index contributed by atoms with van der Waals surface area (Å²) in [4.78, 5) is 19.1. The SMILES string of the molecule is C#Cc1c(F)ccc2cccc(-c3ncc4c(N5C[C@H]6CC[C@@H](C5)N6)nc(OCC5(CN6CC7CCC(C7)C6)CC5)nc4c3F)c12. The van der Waals surface area contributed by atoms with Gasteiger partial charge in [0.15, 0.2) is 5.82 Å². The number of halogens is 2. The first-order chi connectivity index (χ1) is 22.4. The highest BCUT2D eigenvalue weighted by Gasteiger charge is 2.47. The average Bonchev–Trinajstić information content (AvgIpc) is 3.63. The Bertz CT molecular complexity index is 1880.